The first kappa shape index (κ1) is 23.9. The molecule has 0 spiro atoms. The van der Waals surface area contributed by atoms with E-state index >= 15 is 0 Å². The van der Waals surface area contributed by atoms with Crippen molar-refractivity contribution in [2.24, 2.45) is 0 Å². The number of nitriles is 1. The second-order valence-corrected chi connectivity index (χ2v) is 8.91. The molecule has 3 aromatic carbocycles. The van der Waals surface area contributed by atoms with Crippen LogP contribution in [-0.4, -0.2) is 5.91 Å². The van der Waals surface area contributed by atoms with Crippen molar-refractivity contribution in [2.75, 3.05) is 5.32 Å². The molecule has 0 aliphatic rings. The third-order valence-corrected chi connectivity index (χ3v) is 5.75. The summed E-state index contributed by atoms with van der Waals surface area (Å²) in [6, 6.07) is 18.2. The number of hydrogen-bond donors (Lipinski definition) is 1. The highest BCUT2D eigenvalue weighted by atomic mass is 79.9. The molecule has 162 valence electrons. The Morgan fingerprint density at radius 1 is 1.12 bits per heavy atom. The third-order valence-electron chi connectivity index (χ3n) is 4.67. The van der Waals surface area contributed by atoms with E-state index in [9.17, 15) is 10.1 Å². The smallest absolute Gasteiger partial charge is 0.266 e. The lowest BCUT2D eigenvalue weighted by Gasteiger charge is -2.12. The Hall–Kier alpha value is -2.78. The Kier molecular flexibility index (Phi) is 7.98. The number of anilines is 1. The van der Waals surface area contributed by atoms with Gasteiger partial charge in [0.05, 0.1) is 0 Å². The molecule has 3 aromatic rings. The Labute approximate surface area is 205 Å². The molecule has 7 heteroatoms. The van der Waals surface area contributed by atoms with E-state index in [0.717, 1.165) is 21.2 Å². The maximum Gasteiger partial charge on any atom is 0.266 e. The summed E-state index contributed by atoms with van der Waals surface area (Å²) in [5.74, 6) is 0.0115. The van der Waals surface area contributed by atoms with E-state index in [-0.39, 0.29) is 12.2 Å². The Morgan fingerprint density at radius 2 is 1.91 bits per heavy atom. The normalized spacial score (nSPS) is 11.1. The Morgan fingerprint density at radius 3 is 2.59 bits per heavy atom. The van der Waals surface area contributed by atoms with Crippen LogP contribution >= 0.6 is 39.1 Å². The lowest BCUT2D eigenvalue weighted by atomic mass is 10.1. The minimum atomic E-state index is -0.494. The van der Waals surface area contributed by atoms with Crippen LogP contribution in [0, 0.1) is 25.2 Å². The fraction of sp³-hybridized carbons (Fsp3) is 0.120. The van der Waals surface area contributed by atoms with Crippen LogP contribution in [0.5, 0.6) is 5.75 Å². The minimum Gasteiger partial charge on any atom is -0.488 e. The number of hydrogen-bond acceptors (Lipinski definition) is 3. The third kappa shape index (κ3) is 6.14. The molecule has 32 heavy (non-hydrogen) atoms. The highest BCUT2D eigenvalue weighted by Gasteiger charge is 2.13. The largest absolute Gasteiger partial charge is 0.488 e. The average Bonchev–Trinajstić information content (AvgIpc) is 2.74. The molecule has 1 amide bonds. The molecule has 0 radical (unpaired) electrons. The zero-order valence-corrected chi connectivity index (χ0v) is 20.5. The van der Waals surface area contributed by atoms with E-state index in [2.05, 4.69) is 21.2 Å². The molecule has 0 unspecified atom stereocenters. The molecule has 0 fully saturated rings. The number of aryl methyl sites for hydroxylation is 2. The van der Waals surface area contributed by atoms with Crippen molar-refractivity contribution in [3.8, 4) is 11.8 Å². The maximum absolute atomic E-state index is 12.8. The number of nitrogens with one attached hydrogen (secondary N) is 1. The lowest BCUT2D eigenvalue weighted by Crippen LogP contribution is -2.14. The molecular weight excluding hydrogens is 511 g/mol. The predicted octanol–water partition coefficient (Wildman–Crippen LogP) is 7.50. The van der Waals surface area contributed by atoms with E-state index in [1.165, 1.54) is 6.08 Å². The van der Waals surface area contributed by atoms with E-state index in [4.69, 9.17) is 27.9 Å². The molecule has 0 bridgehead atoms. The van der Waals surface area contributed by atoms with Crippen LogP contribution in [0.1, 0.15) is 22.3 Å². The van der Waals surface area contributed by atoms with E-state index in [1.54, 1.807) is 30.3 Å². The van der Waals surface area contributed by atoms with Crippen LogP contribution < -0.4 is 10.1 Å². The zero-order valence-electron chi connectivity index (χ0n) is 17.4. The van der Waals surface area contributed by atoms with Crippen LogP contribution in [0.4, 0.5) is 5.69 Å². The number of benzene rings is 3. The summed E-state index contributed by atoms with van der Waals surface area (Å²) >= 11 is 15.6. The molecule has 4 nitrogen and oxygen atoms in total. The summed E-state index contributed by atoms with van der Waals surface area (Å²) in [7, 11) is 0. The average molecular weight is 530 g/mol. The summed E-state index contributed by atoms with van der Waals surface area (Å²) in [4.78, 5) is 12.8. The number of carbonyl (C=O) groups is 1. The quantitative estimate of drug-likeness (QED) is 0.265. The van der Waals surface area contributed by atoms with Gasteiger partial charge in [0.1, 0.15) is 24.0 Å². The van der Waals surface area contributed by atoms with Crippen molar-refractivity contribution in [2.45, 2.75) is 20.5 Å². The predicted molar refractivity (Wildman–Crippen MR) is 133 cm³/mol. The maximum atomic E-state index is 12.8. The summed E-state index contributed by atoms with van der Waals surface area (Å²) in [6.07, 6.45) is 1.50. The van der Waals surface area contributed by atoms with Crippen molar-refractivity contribution in [1.29, 1.82) is 5.26 Å². The number of halogens is 3. The SMILES string of the molecule is Cc1ccc(NC(=O)/C(C#N)=C/c2cc(Br)ccc2OCc2ccc(Cl)cc2Cl)c(C)c1. The monoisotopic (exact) mass is 528 g/mol. The van der Waals surface area contributed by atoms with Crippen LogP contribution in [0.2, 0.25) is 10.0 Å². The van der Waals surface area contributed by atoms with Gasteiger partial charge >= 0.3 is 0 Å². The molecule has 0 aliphatic heterocycles. The summed E-state index contributed by atoms with van der Waals surface area (Å²) in [6.45, 7) is 4.08. The van der Waals surface area contributed by atoms with Gasteiger partial charge in [-0.15, -0.1) is 0 Å². The van der Waals surface area contributed by atoms with Crippen LogP contribution in [0.15, 0.2) is 64.6 Å². The topological polar surface area (TPSA) is 62.1 Å². The highest BCUT2D eigenvalue weighted by molar-refractivity contribution is 9.10. The molecular formula is C25H19BrCl2N2O2. The van der Waals surface area contributed by atoms with Crippen molar-refractivity contribution in [1.82, 2.24) is 0 Å². The highest BCUT2D eigenvalue weighted by Crippen LogP contribution is 2.28. The molecule has 3 rings (SSSR count). The molecule has 0 heterocycles. The number of carbonyl (C=O) groups excluding carboxylic acids is 1. The second-order valence-electron chi connectivity index (χ2n) is 7.15. The van der Waals surface area contributed by atoms with E-state index in [0.29, 0.717) is 27.0 Å². The van der Waals surface area contributed by atoms with Gasteiger partial charge in [-0.25, -0.2) is 0 Å². The van der Waals surface area contributed by atoms with Crippen LogP contribution in [0.3, 0.4) is 0 Å². The molecule has 0 atom stereocenters. The first-order valence-electron chi connectivity index (χ1n) is 9.63. The van der Waals surface area contributed by atoms with Crippen molar-refractivity contribution in [3.63, 3.8) is 0 Å². The fourth-order valence-electron chi connectivity index (χ4n) is 3.01. The number of amides is 1. The van der Waals surface area contributed by atoms with Gasteiger partial charge in [-0.05, 0) is 61.9 Å². The van der Waals surface area contributed by atoms with Crippen molar-refractivity contribution < 1.29 is 9.53 Å². The van der Waals surface area contributed by atoms with Gasteiger partial charge in [0.2, 0.25) is 0 Å². The Balaban J connectivity index is 1.85. The van der Waals surface area contributed by atoms with Crippen molar-refractivity contribution >= 4 is 56.8 Å². The van der Waals surface area contributed by atoms with Crippen LogP contribution in [-0.2, 0) is 11.4 Å². The second kappa shape index (κ2) is 10.7. The minimum absolute atomic E-state index is 0.0440. The zero-order chi connectivity index (χ0) is 23.3. The van der Waals surface area contributed by atoms with Gasteiger partial charge in [-0.2, -0.15) is 5.26 Å². The molecule has 0 saturated carbocycles. The van der Waals surface area contributed by atoms with Gasteiger partial charge in [-0.1, -0.05) is 62.9 Å². The first-order valence-corrected chi connectivity index (χ1v) is 11.2. The number of nitrogens with zero attached hydrogens (tertiary/aromatic N) is 1. The lowest BCUT2D eigenvalue weighted by molar-refractivity contribution is -0.112. The molecule has 0 aliphatic carbocycles. The van der Waals surface area contributed by atoms with Crippen LogP contribution in [0.25, 0.3) is 6.08 Å². The van der Waals surface area contributed by atoms with Gasteiger partial charge < -0.3 is 10.1 Å². The van der Waals surface area contributed by atoms with Gasteiger partial charge in [-0.3, -0.25) is 4.79 Å². The molecule has 1 N–H and O–H groups in total. The molecule has 0 aromatic heterocycles. The fourth-order valence-corrected chi connectivity index (χ4v) is 3.85. The van der Waals surface area contributed by atoms with Crippen molar-refractivity contribution in [3.05, 3.63) is 96.9 Å². The number of rotatable bonds is 6. The first-order chi connectivity index (χ1) is 15.3. The van der Waals surface area contributed by atoms with Gasteiger partial charge in [0.15, 0.2) is 0 Å². The Bertz CT molecular complexity index is 1250. The van der Waals surface area contributed by atoms with E-state index in [1.807, 2.05) is 44.2 Å². The van der Waals surface area contributed by atoms with E-state index < -0.39 is 5.91 Å². The van der Waals surface area contributed by atoms with Gasteiger partial charge in [0, 0.05) is 31.3 Å². The summed E-state index contributed by atoms with van der Waals surface area (Å²) in [5.41, 5.74) is 3.97. The standard InChI is InChI=1S/C25H19BrCl2N2O2/c1-15-3-7-23(16(2)9-15)30-25(31)19(13-29)10-18-11-20(26)5-8-24(18)32-14-17-4-6-21(27)12-22(17)28/h3-12H,14H2,1-2H3,(H,30,31)/b19-10+. The van der Waals surface area contributed by atoms with Gasteiger partial charge in [0.25, 0.3) is 5.91 Å². The summed E-state index contributed by atoms with van der Waals surface area (Å²) < 4.78 is 6.73. The summed E-state index contributed by atoms with van der Waals surface area (Å²) in [5, 5.41) is 13.5. The molecule has 0 saturated heterocycles. The number of ether oxygens (including phenoxy) is 1.